The van der Waals surface area contributed by atoms with Crippen LogP contribution in [0.2, 0.25) is 0 Å². The summed E-state index contributed by atoms with van der Waals surface area (Å²) in [5, 5.41) is 4.26. The highest BCUT2D eigenvalue weighted by Gasteiger charge is 2.19. The first kappa shape index (κ1) is 12.3. The lowest BCUT2D eigenvalue weighted by atomic mass is 10.3. The molecule has 0 bridgehead atoms. The molecule has 7 heteroatoms. The Bertz CT molecular complexity index is 556. The zero-order chi connectivity index (χ0) is 13.2. The minimum Gasteiger partial charge on any atom is -0.354 e. The zero-order valence-electron chi connectivity index (χ0n) is 11.2. The summed E-state index contributed by atoms with van der Waals surface area (Å²) in [6.45, 7) is 7.73. The molecule has 1 aliphatic rings. The summed E-state index contributed by atoms with van der Waals surface area (Å²) in [4.78, 5) is 13.3. The van der Waals surface area contributed by atoms with Crippen LogP contribution in [0, 0.1) is 6.92 Å². The first-order valence-corrected chi connectivity index (χ1v) is 6.62. The van der Waals surface area contributed by atoms with E-state index in [1.807, 2.05) is 11.4 Å². The fourth-order valence-electron chi connectivity index (χ4n) is 2.52. The number of nitrogens with two attached hydrogens (primary N) is 1. The highest BCUT2D eigenvalue weighted by atomic mass is 15.4. The van der Waals surface area contributed by atoms with Gasteiger partial charge in [-0.3, -0.25) is 4.90 Å². The largest absolute Gasteiger partial charge is 0.354 e. The van der Waals surface area contributed by atoms with Crippen molar-refractivity contribution in [3.8, 4) is 0 Å². The van der Waals surface area contributed by atoms with Crippen LogP contribution in [0.3, 0.4) is 0 Å². The van der Waals surface area contributed by atoms with Crippen molar-refractivity contribution in [2.45, 2.75) is 6.92 Å². The molecule has 7 nitrogen and oxygen atoms in total. The molecular weight excluding hydrogens is 242 g/mol. The maximum Gasteiger partial charge on any atom is 0.254 e. The number of anilines is 1. The van der Waals surface area contributed by atoms with Crippen LogP contribution in [0.15, 0.2) is 12.4 Å². The SMILES string of the molecule is Cc1cc(N2CCN(CCN)CC2)n2ncnc2n1. The van der Waals surface area contributed by atoms with E-state index in [1.54, 1.807) is 6.33 Å². The number of piperazine rings is 1. The minimum absolute atomic E-state index is 0.666. The second-order valence-corrected chi connectivity index (χ2v) is 4.84. The summed E-state index contributed by atoms with van der Waals surface area (Å²) >= 11 is 0. The molecule has 19 heavy (non-hydrogen) atoms. The number of rotatable bonds is 3. The van der Waals surface area contributed by atoms with Gasteiger partial charge in [-0.25, -0.2) is 4.98 Å². The normalized spacial score (nSPS) is 17.3. The molecule has 0 unspecified atom stereocenters. The average molecular weight is 261 g/mol. The van der Waals surface area contributed by atoms with Crippen molar-refractivity contribution in [3.05, 3.63) is 18.1 Å². The Morgan fingerprint density at radius 1 is 1.26 bits per heavy atom. The van der Waals surface area contributed by atoms with E-state index in [-0.39, 0.29) is 0 Å². The molecule has 0 aliphatic carbocycles. The lowest BCUT2D eigenvalue weighted by molar-refractivity contribution is 0.264. The molecule has 0 spiro atoms. The summed E-state index contributed by atoms with van der Waals surface area (Å²) in [5.41, 5.74) is 6.57. The van der Waals surface area contributed by atoms with Crippen molar-refractivity contribution in [3.63, 3.8) is 0 Å². The molecule has 3 heterocycles. The Morgan fingerprint density at radius 3 is 2.79 bits per heavy atom. The van der Waals surface area contributed by atoms with Crippen molar-refractivity contribution in [2.24, 2.45) is 5.73 Å². The molecular formula is C12H19N7. The van der Waals surface area contributed by atoms with Crippen LogP contribution < -0.4 is 10.6 Å². The van der Waals surface area contributed by atoms with Crippen LogP contribution in [0.4, 0.5) is 5.82 Å². The number of fused-ring (bicyclic) bond motifs is 1. The van der Waals surface area contributed by atoms with E-state index in [0.29, 0.717) is 5.78 Å². The number of aryl methyl sites for hydroxylation is 1. The smallest absolute Gasteiger partial charge is 0.254 e. The summed E-state index contributed by atoms with van der Waals surface area (Å²) in [6.07, 6.45) is 1.55. The first-order valence-electron chi connectivity index (χ1n) is 6.62. The standard InChI is InChI=1S/C12H19N7/c1-10-8-11(19-12(16-10)14-9-15-19)18-6-4-17(3-2-13)5-7-18/h8-9H,2-7,13H2,1H3. The van der Waals surface area contributed by atoms with Crippen LogP contribution in [0.1, 0.15) is 5.69 Å². The first-order chi connectivity index (χ1) is 9.28. The van der Waals surface area contributed by atoms with Gasteiger partial charge in [-0.15, -0.1) is 0 Å². The fourth-order valence-corrected chi connectivity index (χ4v) is 2.52. The molecule has 0 radical (unpaired) electrons. The number of hydrogen-bond donors (Lipinski definition) is 1. The third-order valence-corrected chi connectivity index (χ3v) is 3.50. The number of aromatic nitrogens is 4. The Labute approximate surface area is 112 Å². The van der Waals surface area contributed by atoms with E-state index in [4.69, 9.17) is 5.73 Å². The maximum atomic E-state index is 5.60. The molecule has 2 N–H and O–H groups in total. The highest BCUT2D eigenvalue weighted by molar-refractivity contribution is 5.47. The molecule has 0 amide bonds. The third kappa shape index (κ3) is 2.39. The molecule has 102 valence electrons. The van der Waals surface area contributed by atoms with Gasteiger partial charge in [-0.05, 0) is 6.92 Å². The van der Waals surface area contributed by atoms with Crippen LogP contribution in [-0.4, -0.2) is 63.8 Å². The van der Waals surface area contributed by atoms with E-state index in [9.17, 15) is 0 Å². The van der Waals surface area contributed by atoms with E-state index in [0.717, 1.165) is 50.8 Å². The van der Waals surface area contributed by atoms with Crippen LogP contribution in [0.25, 0.3) is 5.78 Å². The summed E-state index contributed by atoms with van der Waals surface area (Å²) in [6, 6.07) is 2.07. The molecule has 2 aromatic rings. The Hall–Kier alpha value is -1.73. The molecule has 3 rings (SSSR count). The van der Waals surface area contributed by atoms with E-state index in [1.165, 1.54) is 0 Å². The van der Waals surface area contributed by atoms with Gasteiger partial charge in [0.2, 0.25) is 0 Å². The number of nitrogens with zero attached hydrogens (tertiary/aromatic N) is 6. The summed E-state index contributed by atoms with van der Waals surface area (Å²) < 4.78 is 1.81. The van der Waals surface area contributed by atoms with Crippen LogP contribution >= 0.6 is 0 Å². The molecule has 1 saturated heterocycles. The lowest BCUT2D eigenvalue weighted by Gasteiger charge is -2.35. The Morgan fingerprint density at radius 2 is 2.05 bits per heavy atom. The topological polar surface area (TPSA) is 75.6 Å². The predicted octanol–water partition coefficient (Wildman–Crippen LogP) is -0.487. The molecule has 1 fully saturated rings. The van der Waals surface area contributed by atoms with Gasteiger partial charge in [0.25, 0.3) is 5.78 Å². The minimum atomic E-state index is 0.666. The quantitative estimate of drug-likeness (QED) is 0.804. The van der Waals surface area contributed by atoms with Crippen LogP contribution in [0.5, 0.6) is 0 Å². The maximum absolute atomic E-state index is 5.60. The van der Waals surface area contributed by atoms with E-state index < -0.39 is 0 Å². The second-order valence-electron chi connectivity index (χ2n) is 4.84. The number of hydrogen-bond acceptors (Lipinski definition) is 6. The average Bonchev–Trinajstić information content (AvgIpc) is 2.87. The van der Waals surface area contributed by atoms with Crippen molar-refractivity contribution in [1.29, 1.82) is 0 Å². The molecule has 1 aliphatic heterocycles. The van der Waals surface area contributed by atoms with Gasteiger partial charge in [0.05, 0.1) is 0 Å². The predicted molar refractivity (Wildman–Crippen MR) is 73.2 cm³/mol. The molecule has 0 saturated carbocycles. The van der Waals surface area contributed by atoms with Gasteiger partial charge in [-0.1, -0.05) is 0 Å². The third-order valence-electron chi connectivity index (χ3n) is 3.50. The van der Waals surface area contributed by atoms with Crippen molar-refractivity contribution in [2.75, 3.05) is 44.2 Å². The molecule has 2 aromatic heterocycles. The van der Waals surface area contributed by atoms with E-state index in [2.05, 4.69) is 30.9 Å². The lowest BCUT2D eigenvalue weighted by Crippen LogP contribution is -2.48. The van der Waals surface area contributed by atoms with Gasteiger partial charge in [0.15, 0.2) is 0 Å². The fraction of sp³-hybridized carbons (Fsp3) is 0.583. The summed E-state index contributed by atoms with van der Waals surface area (Å²) in [5.74, 6) is 1.74. The Balaban J connectivity index is 1.83. The Kier molecular flexibility index (Phi) is 3.31. The van der Waals surface area contributed by atoms with Gasteiger partial charge in [-0.2, -0.15) is 14.6 Å². The van der Waals surface area contributed by atoms with Crippen molar-refractivity contribution >= 4 is 11.6 Å². The van der Waals surface area contributed by atoms with Crippen molar-refractivity contribution in [1.82, 2.24) is 24.5 Å². The highest BCUT2D eigenvalue weighted by Crippen LogP contribution is 2.17. The zero-order valence-corrected chi connectivity index (χ0v) is 11.2. The second kappa shape index (κ2) is 5.10. The van der Waals surface area contributed by atoms with Crippen LogP contribution in [-0.2, 0) is 0 Å². The monoisotopic (exact) mass is 261 g/mol. The van der Waals surface area contributed by atoms with Gasteiger partial charge in [0, 0.05) is 51.0 Å². The van der Waals surface area contributed by atoms with Gasteiger partial charge < -0.3 is 10.6 Å². The summed E-state index contributed by atoms with van der Waals surface area (Å²) in [7, 11) is 0. The van der Waals surface area contributed by atoms with E-state index >= 15 is 0 Å². The molecule has 0 atom stereocenters. The van der Waals surface area contributed by atoms with Gasteiger partial charge >= 0.3 is 0 Å². The molecule has 0 aromatic carbocycles. The van der Waals surface area contributed by atoms with Gasteiger partial charge in [0.1, 0.15) is 12.1 Å². The van der Waals surface area contributed by atoms with Crippen molar-refractivity contribution < 1.29 is 0 Å².